The molecule has 3 aliphatic rings. The molecule has 0 saturated carbocycles. The van der Waals surface area contributed by atoms with E-state index in [1.54, 1.807) is 30.5 Å². The second-order valence-electron chi connectivity index (χ2n) is 10.1. The van der Waals surface area contributed by atoms with Gasteiger partial charge in [-0.2, -0.15) is 5.26 Å². The Kier molecular flexibility index (Phi) is 6.83. The molecule has 0 N–H and O–H groups in total. The first-order chi connectivity index (χ1) is 18.9. The maximum atomic E-state index is 14.1. The third kappa shape index (κ3) is 4.79. The molecule has 11 heteroatoms. The minimum absolute atomic E-state index is 0.0185. The van der Waals surface area contributed by atoms with Gasteiger partial charge in [-0.25, -0.2) is 0 Å². The lowest BCUT2D eigenvalue weighted by molar-refractivity contribution is -0.136. The van der Waals surface area contributed by atoms with Crippen molar-refractivity contribution in [1.29, 1.82) is 5.26 Å². The van der Waals surface area contributed by atoms with Gasteiger partial charge in [0.25, 0.3) is 5.91 Å². The molecule has 0 aliphatic carbocycles. The Morgan fingerprint density at radius 2 is 1.85 bits per heavy atom. The molecule has 2 aromatic heterocycles. The van der Waals surface area contributed by atoms with Crippen molar-refractivity contribution in [1.82, 2.24) is 25.0 Å². The van der Waals surface area contributed by atoms with Crippen LogP contribution in [0.5, 0.6) is 0 Å². The topological polar surface area (TPSA) is 106 Å². The second-order valence-corrected chi connectivity index (χ2v) is 11.0. The summed E-state index contributed by atoms with van der Waals surface area (Å²) in [7, 11) is 0. The van der Waals surface area contributed by atoms with Gasteiger partial charge in [-0.3, -0.25) is 14.6 Å². The summed E-state index contributed by atoms with van der Waals surface area (Å²) in [4.78, 5) is 37.6. The molecule has 3 atom stereocenters. The fourth-order valence-electron chi connectivity index (χ4n) is 6.01. The third-order valence-electron chi connectivity index (χ3n) is 7.93. The number of anilines is 1. The summed E-state index contributed by atoms with van der Waals surface area (Å²) < 4.78 is 0. The van der Waals surface area contributed by atoms with Crippen molar-refractivity contribution in [3.63, 3.8) is 0 Å². The SMILES string of the molecule is N#Cc1ccc(N2C[C@@H](C(=O)N3CCC[C@H]4c5ccc(Cl)cc5C(=O)N4CC3)[C@H](c3ccc(Cl)cn3)C2)nn1. The quantitative estimate of drug-likeness (QED) is 0.474. The van der Waals surface area contributed by atoms with Crippen LogP contribution in [-0.4, -0.2) is 69.5 Å². The Bertz CT molecular complexity index is 1460. The van der Waals surface area contributed by atoms with E-state index in [0.717, 1.165) is 24.1 Å². The van der Waals surface area contributed by atoms with Crippen molar-refractivity contribution >= 4 is 40.8 Å². The van der Waals surface area contributed by atoms with Crippen LogP contribution >= 0.6 is 23.2 Å². The van der Waals surface area contributed by atoms with Crippen molar-refractivity contribution in [3.8, 4) is 6.07 Å². The van der Waals surface area contributed by atoms with E-state index in [2.05, 4.69) is 15.2 Å². The van der Waals surface area contributed by atoms with Gasteiger partial charge < -0.3 is 14.7 Å². The maximum absolute atomic E-state index is 14.1. The molecule has 9 nitrogen and oxygen atoms in total. The molecule has 5 heterocycles. The van der Waals surface area contributed by atoms with Crippen LogP contribution in [0.2, 0.25) is 10.0 Å². The first-order valence-corrected chi connectivity index (χ1v) is 13.7. The lowest BCUT2D eigenvalue weighted by Gasteiger charge is -2.34. The average molecular weight is 562 g/mol. The largest absolute Gasteiger partial charge is 0.354 e. The molecule has 39 heavy (non-hydrogen) atoms. The van der Waals surface area contributed by atoms with Gasteiger partial charge in [-0.1, -0.05) is 29.3 Å². The van der Waals surface area contributed by atoms with Crippen LogP contribution in [-0.2, 0) is 4.79 Å². The number of nitrogens with zero attached hydrogens (tertiary/aromatic N) is 7. The number of carbonyl (C=O) groups excluding carboxylic acids is 2. The second kappa shape index (κ2) is 10.4. The Labute approximate surface area is 236 Å². The predicted octanol–water partition coefficient (Wildman–Crippen LogP) is 4.09. The molecule has 2 amide bonds. The molecule has 1 aromatic carbocycles. The van der Waals surface area contributed by atoms with Crippen LogP contribution in [0.1, 0.15) is 52.1 Å². The van der Waals surface area contributed by atoms with Crippen molar-refractivity contribution in [3.05, 3.63) is 81.2 Å². The number of benzene rings is 1. The highest BCUT2D eigenvalue weighted by atomic mass is 35.5. The summed E-state index contributed by atoms with van der Waals surface area (Å²) in [5.74, 6) is 0.0766. The highest BCUT2D eigenvalue weighted by molar-refractivity contribution is 6.31. The molecule has 3 aliphatic heterocycles. The predicted molar refractivity (Wildman–Crippen MR) is 145 cm³/mol. The first-order valence-electron chi connectivity index (χ1n) is 12.9. The number of aromatic nitrogens is 3. The van der Waals surface area contributed by atoms with Gasteiger partial charge in [0.2, 0.25) is 5.91 Å². The minimum atomic E-state index is -0.364. The van der Waals surface area contributed by atoms with Gasteiger partial charge in [0.05, 0.1) is 17.0 Å². The number of carbonyl (C=O) groups is 2. The summed E-state index contributed by atoms with van der Waals surface area (Å²) in [5, 5.41) is 18.3. The van der Waals surface area contributed by atoms with Gasteiger partial charge in [-0.15, -0.1) is 10.2 Å². The van der Waals surface area contributed by atoms with Crippen LogP contribution < -0.4 is 4.90 Å². The molecular weight excluding hydrogens is 537 g/mol. The summed E-state index contributed by atoms with van der Waals surface area (Å²) in [6.45, 7) is 2.51. The minimum Gasteiger partial charge on any atom is -0.354 e. The van der Waals surface area contributed by atoms with Gasteiger partial charge in [0.15, 0.2) is 11.5 Å². The summed E-state index contributed by atoms with van der Waals surface area (Å²) in [6.07, 6.45) is 3.16. The van der Waals surface area contributed by atoms with E-state index in [1.165, 1.54) is 0 Å². The lowest BCUT2D eigenvalue weighted by atomic mass is 9.90. The van der Waals surface area contributed by atoms with E-state index in [9.17, 15) is 9.59 Å². The molecule has 0 unspecified atom stereocenters. The van der Waals surface area contributed by atoms with Gasteiger partial charge >= 0.3 is 0 Å². The van der Waals surface area contributed by atoms with E-state index < -0.39 is 0 Å². The van der Waals surface area contributed by atoms with E-state index in [4.69, 9.17) is 28.5 Å². The molecule has 0 bridgehead atoms. The van der Waals surface area contributed by atoms with E-state index in [1.807, 2.05) is 39.0 Å². The Balaban J connectivity index is 1.23. The fraction of sp³-hybridized carbons (Fsp3) is 0.357. The smallest absolute Gasteiger partial charge is 0.254 e. The monoisotopic (exact) mass is 561 g/mol. The Hall–Kier alpha value is -3.74. The zero-order chi connectivity index (χ0) is 27.1. The van der Waals surface area contributed by atoms with E-state index >= 15 is 0 Å². The lowest BCUT2D eigenvalue weighted by Crippen LogP contribution is -2.46. The number of nitriles is 1. The molecule has 2 fully saturated rings. The van der Waals surface area contributed by atoms with E-state index in [0.29, 0.717) is 54.2 Å². The molecule has 0 radical (unpaired) electrons. The first kappa shape index (κ1) is 25.5. The highest BCUT2D eigenvalue weighted by Crippen LogP contribution is 2.40. The van der Waals surface area contributed by atoms with Gasteiger partial charge in [-0.05, 0) is 54.8 Å². The number of rotatable bonds is 3. The summed E-state index contributed by atoms with van der Waals surface area (Å²) >= 11 is 12.3. The molecular formula is C28H25Cl2N7O2. The Morgan fingerprint density at radius 3 is 2.59 bits per heavy atom. The number of amides is 2. The Morgan fingerprint density at radius 1 is 1.00 bits per heavy atom. The molecule has 0 spiro atoms. The number of halogens is 2. The summed E-state index contributed by atoms with van der Waals surface area (Å²) in [6, 6.07) is 14.6. The van der Waals surface area contributed by atoms with Crippen LogP contribution in [0.25, 0.3) is 0 Å². The van der Waals surface area contributed by atoms with Gasteiger partial charge in [0.1, 0.15) is 6.07 Å². The molecule has 198 valence electrons. The van der Waals surface area contributed by atoms with Crippen LogP contribution in [0.4, 0.5) is 5.82 Å². The number of hydrogen-bond donors (Lipinski definition) is 0. The van der Waals surface area contributed by atoms with E-state index in [-0.39, 0.29) is 35.4 Å². The maximum Gasteiger partial charge on any atom is 0.254 e. The third-order valence-corrected chi connectivity index (χ3v) is 8.38. The zero-order valence-corrected chi connectivity index (χ0v) is 22.5. The molecule has 6 rings (SSSR count). The molecule has 2 saturated heterocycles. The van der Waals surface area contributed by atoms with Crippen LogP contribution in [0.15, 0.2) is 48.7 Å². The zero-order valence-electron chi connectivity index (χ0n) is 21.0. The van der Waals surface area contributed by atoms with Crippen molar-refractivity contribution in [2.24, 2.45) is 5.92 Å². The van der Waals surface area contributed by atoms with Crippen LogP contribution in [0, 0.1) is 17.2 Å². The normalized spacial score (nSPS) is 22.6. The molecule has 3 aromatic rings. The van der Waals surface area contributed by atoms with Gasteiger partial charge in [0, 0.05) is 61.1 Å². The van der Waals surface area contributed by atoms with Crippen LogP contribution in [0.3, 0.4) is 0 Å². The number of pyridine rings is 1. The fourth-order valence-corrected chi connectivity index (χ4v) is 6.29. The standard InChI is InChI=1S/C28H25Cl2N7O2/c29-17-3-6-20-21(12-17)28(39)37-11-10-35(9-1-2-25(20)37)27(38)23-16-36(26-8-5-19(13-31)33-34-26)15-22(23)24-7-4-18(30)14-32-24/h3-8,12,14,22-23,25H,1-2,9-11,15-16H2/t22-,23-,25+/m1/s1. The van der Waals surface area contributed by atoms with Crippen molar-refractivity contribution in [2.45, 2.75) is 24.8 Å². The van der Waals surface area contributed by atoms with Crippen molar-refractivity contribution in [2.75, 3.05) is 37.6 Å². The highest BCUT2D eigenvalue weighted by Gasteiger charge is 2.43. The van der Waals surface area contributed by atoms with Crippen molar-refractivity contribution < 1.29 is 9.59 Å². The summed E-state index contributed by atoms with van der Waals surface area (Å²) in [5.41, 5.74) is 2.71. The number of hydrogen-bond acceptors (Lipinski definition) is 7. The average Bonchev–Trinajstić information content (AvgIpc) is 3.48. The number of fused-ring (bicyclic) bond motifs is 3.